The van der Waals surface area contributed by atoms with E-state index in [1.54, 1.807) is 42.5 Å². The van der Waals surface area contributed by atoms with Crippen LogP contribution in [0.1, 0.15) is 15.9 Å². The molecule has 25 heavy (non-hydrogen) atoms. The van der Waals surface area contributed by atoms with Crippen molar-refractivity contribution >= 4 is 11.6 Å². The van der Waals surface area contributed by atoms with Crippen molar-refractivity contribution < 1.29 is 19.0 Å². The van der Waals surface area contributed by atoms with E-state index in [4.69, 9.17) is 4.74 Å². The summed E-state index contributed by atoms with van der Waals surface area (Å²) in [5.41, 5.74) is 1.12. The summed E-state index contributed by atoms with van der Waals surface area (Å²) in [7, 11) is 0. The number of rotatable bonds is 5. The van der Waals surface area contributed by atoms with Gasteiger partial charge in [-0.05, 0) is 42.5 Å². The summed E-state index contributed by atoms with van der Waals surface area (Å²) in [6, 6.07) is 15.5. The molecular formula is C19H15FN2O3. The molecule has 0 fully saturated rings. The lowest BCUT2D eigenvalue weighted by atomic mass is 10.2. The summed E-state index contributed by atoms with van der Waals surface area (Å²) in [6.07, 6.45) is 1.49. The zero-order valence-electron chi connectivity index (χ0n) is 13.1. The Labute approximate surface area is 143 Å². The number of anilines is 1. The van der Waals surface area contributed by atoms with E-state index in [1.807, 2.05) is 0 Å². The van der Waals surface area contributed by atoms with Crippen LogP contribution in [0, 0.1) is 5.82 Å². The molecule has 0 saturated heterocycles. The average Bonchev–Trinajstić information content (AvgIpc) is 2.63. The molecule has 0 aliphatic heterocycles. The van der Waals surface area contributed by atoms with E-state index in [0.29, 0.717) is 11.3 Å². The molecule has 3 rings (SSSR count). The largest absolute Gasteiger partial charge is 0.508 e. The molecule has 1 amide bonds. The average molecular weight is 338 g/mol. The van der Waals surface area contributed by atoms with Crippen molar-refractivity contribution in [3.05, 3.63) is 83.8 Å². The highest BCUT2D eigenvalue weighted by atomic mass is 19.1. The quantitative estimate of drug-likeness (QED) is 0.695. The van der Waals surface area contributed by atoms with Gasteiger partial charge in [0.1, 0.15) is 23.7 Å². The number of aromatic nitrogens is 1. The lowest BCUT2D eigenvalue weighted by molar-refractivity contribution is 0.102. The number of aromatic hydroxyl groups is 1. The molecule has 0 saturated carbocycles. The third kappa shape index (κ3) is 4.11. The number of phenols is 1. The van der Waals surface area contributed by atoms with Crippen LogP contribution in [0.5, 0.6) is 11.6 Å². The number of benzene rings is 2. The Kier molecular flexibility index (Phi) is 4.89. The third-order valence-corrected chi connectivity index (χ3v) is 3.46. The van der Waals surface area contributed by atoms with Gasteiger partial charge in [-0.3, -0.25) is 4.79 Å². The highest BCUT2D eigenvalue weighted by Gasteiger charge is 2.14. The van der Waals surface area contributed by atoms with Crippen molar-refractivity contribution in [3.63, 3.8) is 0 Å². The van der Waals surface area contributed by atoms with Gasteiger partial charge in [-0.15, -0.1) is 0 Å². The molecule has 0 unspecified atom stereocenters. The number of amides is 1. The van der Waals surface area contributed by atoms with Gasteiger partial charge in [0, 0.05) is 17.4 Å². The van der Waals surface area contributed by atoms with Gasteiger partial charge in [-0.25, -0.2) is 9.37 Å². The molecule has 2 aromatic carbocycles. The lowest BCUT2D eigenvalue weighted by Gasteiger charge is -2.11. The molecular weight excluding hydrogens is 323 g/mol. The fourth-order valence-electron chi connectivity index (χ4n) is 2.18. The second kappa shape index (κ2) is 7.44. The molecule has 2 N–H and O–H groups in total. The van der Waals surface area contributed by atoms with Crippen molar-refractivity contribution in [2.75, 3.05) is 5.32 Å². The lowest BCUT2D eigenvalue weighted by Crippen LogP contribution is -2.14. The third-order valence-electron chi connectivity index (χ3n) is 3.46. The molecule has 0 radical (unpaired) electrons. The van der Waals surface area contributed by atoms with E-state index in [1.165, 1.54) is 24.4 Å². The van der Waals surface area contributed by atoms with Crippen molar-refractivity contribution in [1.82, 2.24) is 4.98 Å². The van der Waals surface area contributed by atoms with E-state index in [9.17, 15) is 14.3 Å². The van der Waals surface area contributed by atoms with Gasteiger partial charge in [0.2, 0.25) is 5.88 Å². The molecule has 0 aliphatic carbocycles. The number of halogens is 1. The number of phenolic OH excluding ortho intramolecular Hbond substituents is 1. The first-order chi connectivity index (χ1) is 12.1. The maximum Gasteiger partial charge on any atom is 0.261 e. The second-order valence-electron chi connectivity index (χ2n) is 5.24. The Bertz CT molecular complexity index is 882. The first-order valence-electron chi connectivity index (χ1n) is 7.55. The Hall–Kier alpha value is -3.41. The topological polar surface area (TPSA) is 71.5 Å². The van der Waals surface area contributed by atoms with Crippen LogP contribution in [0.25, 0.3) is 0 Å². The predicted octanol–water partition coefficient (Wildman–Crippen LogP) is 3.76. The zero-order valence-corrected chi connectivity index (χ0v) is 13.1. The summed E-state index contributed by atoms with van der Waals surface area (Å²) < 4.78 is 19.2. The summed E-state index contributed by atoms with van der Waals surface area (Å²) >= 11 is 0. The number of carbonyl (C=O) groups excluding carboxylic acids is 1. The summed E-state index contributed by atoms with van der Waals surface area (Å²) in [5, 5.41) is 12.0. The monoisotopic (exact) mass is 338 g/mol. The predicted molar refractivity (Wildman–Crippen MR) is 91.0 cm³/mol. The van der Waals surface area contributed by atoms with Crippen LogP contribution >= 0.6 is 0 Å². The number of pyridine rings is 1. The summed E-state index contributed by atoms with van der Waals surface area (Å²) in [6.45, 7) is -0.0385. The Balaban J connectivity index is 1.75. The van der Waals surface area contributed by atoms with Crippen molar-refractivity contribution in [3.8, 4) is 11.6 Å². The number of nitrogens with zero attached hydrogens (tertiary/aromatic N) is 1. The van der Waals surface area contributed by atoms with E-state index >= 15 is 0 Å². The van der Waals surface area contributed by atoms with Gasteiger partial charge >= 0.3 is 0 Å². The molecule has 0 spiro atoms. The highest BCUT2D eigenvalue weighted by molar-refractivity contribution is 6.05. The van der Waals surface area contributed by atoms with E-state index in [2.05, 4.69) is 10.3 Å². The summed E-state index contributed by atoms with van der Waals surface area (Å²) in [4.78, 5) is 16.5. The molecule has 1 heterocycles. The minimum atomic E-state index is -0.415. The van der Waals surface area contributed by atoms with Crippen LogP contribution < -0.4 is 10.1 Å². The molecule has 0 atom stereocenters. The van der Waals surface area contributed by atoms with Crippen LogP contribution in [-0.4, -0.2) is 16.0 Å². The molecule has 3 aromatic rings. The van der Waals surface area contributed by atoms with E-state index in [-0.39, 0.29) is 29.6 Å². The molecule has 0 aliphatic rings. The molecule has 6 heteroatoms. The maximum absolute atomic E-state index is 13.7. The van der Waals surface area contributed by atoms with Crippen molar-refractivity contribution in [2.45, 2.75) is 6.61 Å². The fraction of sp³-hybridized carbons (Fsp3) is 0.0526. The SMILES string of the molecule is O=C(Nc1ccc(O)cc1)c1cccnc1OCc1ccccc1F. The highest BCUT2D eigenvalue weighted by Crippen LogP contribution is 2.20. The number of nitrogens with one attached hydrogen (secondary N) is 1. The number of carbonyl (C=O) groups is 1. The Morgan fingerprint density at radius 1 is 1.08 bits per heavy atom. The van der Waals surface area contributed by atoms with E-state index in [0.717, 1.165) is 0 Å². The Morgan fingerprint density at radius 3 is 2.60 bits per heavy atom. The molecule has 5 nitrogen and oxygen atoms in total. The van der Waals surface area contributed by atoms with Crippen LogP contribution in [0.15, 0.2) is 66.9 Å². The maximum atomic E-state index is 13.7. The summed E-state index contributed by atoms with van der Waals surface area (Å²) in [5.74, 6) is -0.578. The normalized spacial score (nSPS) is 10.3. The van der Waals surface area contributed by atoms with Crippen molar-refractivity contribution in [1.29, 1.82) is 0 Å². The van der Waals surface area contributed by atoms with Gasteiger partial charge in [-0.1, -0.05) is 18.2 Å². The standard InChI is InChI=1S/C19H15FN2O3/c20-17-6-2-1-4-13(17)12-25-19-16(5-3-11-21-19)18(24)22-14-7-9-15(23)10-8-14/h1-11,23H,12H2,(H,22,24). The van der Waals surface area contributed by atoms with E-state index < -0.39 is 5.91 Å². The number of ether oxygens (including phenoxy) is 1. The van der Waals surface area contributed by atoms with Crippen LogP contribution in [0.4, 0.5) is 10.1 Å². The van der Waals surface area contributed by atoms with Gasteiger partial charge in [0.05, 0.1) is 0 Å². The van der Waals surface area contributed by atoms with Gasteiger partial charge in [-0.2, -0.15) is 0 Å². The van der Waals surface area contributed by atoms with Crippen LogP contribution in [-0.2, 0) is 6.61 Å². The Morgan fingerprint density at radius 2 is 1.84 bits per heavy atom. The number of hydrogen-bond acceptors (Lipinski definition) is 4. The first kappa shape index (κ1) is 16.4. The molecule has 0 bridgehead atoms. The van der Waals surface area contributed by atoms with Crippen LogP contribution in [0.2, 0.25) is 0 Å². The number of hydrogen-bond donors (Lipinski definition) is 2. The minimum Gasteiger partial charge on any atom is -0.508 e. The van der Waals surface area contributed by atoms with Crippen molar-refractivity contribution in [2.24, 2.45) is 0 Å². The first-order valence-corrected chi connectivity index (χ1v) is 7.55. The molecule has 126 valence electrons. The molecule has 1 aromatic heterocycles. The minimum absolute atomic E-state index is 0.0385. The van der Waals surface area contributed by atoms with Gasteiger partial charge in [0.15, 0.2) is 0 Å². The van der Waals surface area contributed by atoms with Crippen LogP contribution in [0.3, 0.4) is 0 Å². The zero-order chi connectivity index (χ0) is 17.6. The van der Waals surface area contributed by atoms with Gasteiger partial charge < -0.3 is 15.2 Å². The second-order valence-corrected chi connectivity index (χ2v) is 5.24. The van der Waals surface area contributed by atoms with Gasteiger partial charge in [0.25, 0.3) is 5.91 Å². The fourth-order valence-corrected chi connectivity index (χ4v) is 2.18. The smallest absolute Gasteiger partial charge is 0.261 e.